The molecule has 1 fully saturated rings. The topological polar surface area (TPSA) is 38.1 Å². The molecule has 0 N–H and O–H groups in total. The van der Waals surface area contributed by atoms with Gasteiger partial charge in [0.1, 0.15) is 5.69 Å². The van der Waals surface area contributed by atoms with Crippen LogP contribution in [0.3, 0.4) is 0 Å². The highest BCUT2D eigenvalue weighted by molar-refractivity contribution is 5.74. The molecule has 0 saturated carbocycles. The zero-order valence-corrected chi connectivity index (χ0v) is 18.3. The molecule has 0 aliphatic carbocycles. The van der Waals surface area contributed by atoms with Gasteiger partial charge in [-0.2, -0.15) is 5.10 Å². The van der Waals surface area contributed by atoms with E-state index in [1.807, 2.05) is 18.2 Å². The summed E-state index contributed by atoms with van der Waals surface area (Å²) in [5, 5.41) is 4.85. The number of anilines is 1. The van der Waals surface area contributed by atoms with Gasteiger partial charge in [-0.1, -0.05) is 75.4 Å². The van der Waals surface area contributed by atoms with Crippen LogP contribution < -0.4 is 10.5 Å². The minimum Gasteiger partial charge on any atom is -0.370 e. The summed E-state index contributed by atoms with van der Waals surface area (Å²) >= 11 is 0. The van der Waals surface area contributed by atoms with E-state index in [0.29, 0.717) is 6.54 Å². The molecule has 0 amide bonds. The molecule has 1 aromatic heterocycles. The smallest absolute Gasteiger partial charge is 0.269 e. The molecule has 30 heavy (non-hydrogen) atoms. The summed E-state index contributed by atoms with van der Waals surface area (Å²) < 4.78 is 1.60. The summed E-state index contributed by atoms with van der Waals surface area (Å²) in [5.74, 6) is 0. The minimum atomic E-state index is -0.0462. The average molecular weight is 402 g/mol. The molecule has 0 spiro atoms. The highest BCUT2D eigenvalue weighted by atomic mass is 16.1. The van der Waals surface area contributed by atoms with Crippen LogP contribution in [0, 0.1) is 0 Å². The highest BCUT2D eigenvalue weighted by Crippen LogP contribution is 2.29. The largest absolute Gasteiger partial charge is 0.370 e. The summed E-state index contributed by atoms with van der Waals surface area (Å²) in [7, 11) is 0. The zero-order chi connectivity index (χ0) is 21.1. The predicted molar refractivity (Wildman–Crippen MR) is 124 cm³/mol. The Morgan fingerprint density at radius 2 is 1.57 bits per heavy atom. The van der Waals surface area contributed by atoms with Crippen LogP contribution in [0.5, 0.6) is 0 Å². The summed E-state index contributed by atoms with van der Waals surface area (Å²) in [6.07, 6.45) is 3.58. The lowest BCUT2D eigenvalue weighted by molar-refractivity contribution is 0.572. The van der Waals surface area contributed by atoms with Gasteiger partial charge < -0.3 is 4.90 Å². The molecule has 1 aliphatic rings. The van der Waals surface area contributed by atoms with Crippen LogP contribution in [0.25, 0.3) is 11.3 Å². The Bertz CT molecular complexity index is 1040. The molecule has 0 unspecified atom stereocenters. The molecule has 0 radical (unpaired) electrons. The number of benzene rings is 2. The van der Waals surface area contributed by atoms with Gasteiger partial charge in [-0.15, -0.1) is 0 Å². The molecule has 4 rings (SSSR count). The van der Waals surface area contributed by atoms with Crippen molar-refractivity contribution in [2.24, 2.45) is 0 Å². The predicted octanol–water partition coefficient (Wildman–Crippen LogP) is 5.25. The first-order chi connectivity index (χ1) is 14.4. The third kappa shape index (κ3) is 4.48. The third-order valence-electron chi connectivity index (χ3n) is 5.87. The first-order valence-electron chi connectivity index (χ1n) is 10.9. The lowest BCUT2D eigenvalue weighted by Crippen LogP contribution is -2.33. The SMILES string of the molecule is CC(C)(C)c1ccc(Cn2nc(-c3ccccc3)c(N3CCCCC3)cc2=O)cc1. The van der Waals surface area contributed by atoms with Crippen molar-refractivity contribution in [1.29, 1.82) is 0 Å². The summed E-state index contributed by atoms with van der Waals surface area (Å²) in [5.41, 5.74) is 5.35. The molecule has 2 heterocycles. The van der Waals surface area contributed by atoms with E-state index in [1.54, 1.807) is 10.7 Å². The number of piperidine rings is 1. The first-order valence-corrected chi connectivity index (χ1v) is 10.9. The van der Waals surface area contributed by atoms with Gasteiger partial charge in [0.15, 0.2) is 0 Å². The number of aromatic nitrogens is 2. The van der Waals surface area contributed by atoms with Gasteiger partial charge in [0.05, 0.1) is 12.2 Å². The zero-order valence-electron chi connectivity index (χ0n) is 18.3. The molecule has 0 atom stereocenters. The number of nitrogens with zero attached hydrogens (tertiary/aromatic N) is 3. The lowest BCUT2D eigenvalue weighted by atomic mass is 9.87. The van der Waals surface area contributed by atoms with Crippen molar-refractivity contribution in [3.8, 4) is 11.3 Å². The second-order valence-electron chi connectivity index (χ2n) is 9.23. The van der Waals surface area contributed by atoms with E-state index in [9.17, 15) is 4.79 Å². The molecular formula is C26H31N3O. The standard InChI is InChI=1S/C26H31N3O/c1-26(2,3)22-14-12-20(13-15-22)19-29-24(30)18-23(28-16-8-5-9-17-28)25(27-29)21-10-6-4-7-11-21/h4,6-7,10-15,18H,5,8-9,16-17,19H2,1-3H3. The molecular weight excluding hydrogens is 370 g/mol. The van der Waals surface area contributed by atoms with E-state index in [4.69, 9.17) is 5.10 Å². The maximum absolute atomic E-state index is 13.0. The molecule has 0 bridgehead atoms. The van der Waals surface area contributed by atoms with Gasteiger partial charge in [0.2, 0.25) is 0 Å². The molecule has 3 aromatic rings. The lowest BCUT2D eigenvalue weighted by Gasteiger charge is -2.30. The molecule has 4 heteroatoms. The van der Waals surface area contributed by atoms with Crippen molar-refractivity contribution in [3.05, 3.63) is 82.1 Å². The number of rotatable bonds is 4. The minimum absolute atomic E-state index is 0.0462. The number of hydrogen-bond donors (Lipinski definition) is 0. The van der Waals surface area contributed by atoms with Crippen molar-refractivity contribution < 1.29 is 0 Å². The molecule has 1 saturated heterocycles. The van der Waals surface area contributed by atoms with Crippen LogP contribution in [0.15, 0.2) is 65.5 Å². The Kier molecular flexibility index (Phi) is 5.76. The normalized spacial score (nSPS) is 14.7. The van der Waals surface area contributed by atoms with E-state index in [0.717, 1.165) is 48.4 Å². The molecule has 4 nitrogen and oxygen atoms in total. The maximum Gasteiger partial charge on any atom is 0.269 e. The third-order valence-corrected chi connectivity index (χ3v) is 5.87. The Labute approximate surface area is 179 Å². The Morgan fingerprint density at radius 3 is 2.20 bits per heavy atom. The van der Waals surface area contributed by atoms with Crippen molar-refractivity contribution in [2.45, 2.75) is 52.0 Å². The fraction of sp³-hybridized carbons (Fsp3) is 0.385. The fourth-order valence-electron chi connectivity index (χ4n) is 4.05. The molecule has 156 valence electrons. The number of hydrogen-bond acceptors (Lipinski definition) is 3. The fourth-order valence-corrected chi connectivity index (χ4v) is 4.05. The molecule has 1 aliphatic heterocycles. The van der Waals surface area contributed by atoms with Crippen molar-refractivity contribution in [1.82, 2.24) is 9.78 Å². The van der Waals surface area contributed by atoms with Gasteiger partial charge in [-0.05, 0) is 35.8 Å². The van der Waals surface area contributed by atoms with E-state index in [-0.39, 0.29) is 11.0 Å². The van der Waals surface area contributed by atoms with Crippen LogP contribution in [-0.4, -0.2) is 22.9 Å². The molecule has 2 aromatic carbocycles. The average Bonchev–Trinajstić information content (AvgIpc) is 2.76. The van der Waals surface area contributed by atoms with Crippen molar-refractivity contribution >= 4 is 5.69 Å². The Morgan fingerprint density at radius 1 is 0.900 bits per heavy atom. The van der Waals surface area contributed by atoms with E-state index in [2.05, 4.69) is 62.1 Å². The van der Waals surface area contributed by atoms with E-state index < -0.39 is 0 Å². The quantitative estimate of drug-likeness (QED) is 0.599. The van der Waals surface area contributed by atoms with Crippen LogP contribution in [-0.2, 0) is 12.0 Å². The van der Waals surface area contributed by atoms with E-state index >= 15 is 0 Å². The summed E-state index contributed by atoms with van der Waals surface area (Å²) in [6, 6.07) is 20.5. The first kappa shape index (κ1) is 20.4. The van der Waals surface area contributed by atoms with Gasteiger partial charge in [0.25, 0.3) is 5.56 Å². The summed E-state index contributed by atoms with van der Waals surface area (Å²) in [4.78, 5) is 15.3. The Balaban J connectivity index is 1.71. The van der Waals surface area contributed by atoms with Crippen LogP contribution in [0.4, 0.5) is 5.69 Å². The van der Waals surface area contributed by atoms with Crippen LogP contribution in [0.1, 0.15) is 51.2 Å². The van der Waals surface area contributed by atoms with E-state index in [1.165, 1.54) is 12.0 Å². The van der Waals surface area contributed by atoms with Gasteiger partial charge in [-0.25, -0.2) is 4.68 Å². The van der Waals surface area contributed by atoms with Crippen molar-refractivity contribution in [2.75, 3.05) is 18.0 Å². The Hall–Kier alpha value is -2.88. The monoisotopic (exact) mass is 401 g/mol. The van der Waals surface area contributed by atoms with Gasteiger partial charge >= 0.3 is 0 Å². The van der Waals surface area contributed by atoms with Gasteiger partial charge in [0, 0.05) is 24.7 Å². The van der Waals surface area contributed by atoms with Crippen molar-refractivity contribution in [3.63, 3.8) is 0 Å². The van der Waals surface area contributed by atoms with Gasteiger partial charge in [-0.3, -0.25) is 4.79 Å². The highest BCUT2D eigenvalue weighted by Gasteiger charge is 2.19. The second kappa shape index (κ2) is 8.47. The van der Waals surface area contributed by atoms with Crippen LogP contribution >= 0.6 is 0 Å². The van der Waals surface area contributed by atoms with Crippen LogP contribution in [0.2, 0.25) is 0 Å². The second-order valence-corrected chi connectivity index (χ2v) is 9.23. The summed E-state index contributed by atoms with van der Waals surface area (Å²) in [6.45, 7) is 9.07. The maximum atomic E-state index is 13.0.